The molecule has 0 radical (unpaired) electrons. The van der Waals surface area contributed by atoms with Crippen LogP contribution in [0.2, 0.25) is 0 Å². The van der Waals surface area contributed by atoms with Crippen molar-refractivity contribution in [1.29, 1.82) is 0 Å². The third kappa shape index (κ3) is 6.46. The average Bonchev–Trinajstić information content (AvgIpc) is 3.35. The summed E-state index contributed by atoms with van der Waals surface area (Å²) in [5.74, 6) is -0.0369. The Morgan fingerprint density at radius 1 is 1.11 bits per heavy atom. The van der Waals surface area contributed by atoms with Gasteiger partial charge in [0.1, 0.15) is 18.2 Å². The summed E-state index contributed by atoms with van der Waals surface area (Å²) in [6.45, 7) is 1.45. The predicted octanol–water partition coefficient (Wildman–Crippen LogP) is 4.11. The molecule has 0 aliphatic carbocycles. The fourth-order valence-corrected chi connectivity index (χ4v) is 5.14. The van der Waals surface area contributed by atoms with Gasteiger partial charge in [-0.05, 0) is 53.3 Å². The normalized spacial score (nSPS) is 14.9. The number of rotatable bonds is 10. The highest BCUT2D eigenvalue weighted by Crippen LogP contribution is 2.34. The van der Waals surface area contributed by atoms with Gasteiger partial charge in [-0.2, -0.15) is 0 Å². The van der Waals surface area contributed by atoms with Gasteiger partial charge in [0.05, 0.1) is 25.6 Å². The van der Waals surface area contributed by atoms with Crippen LogP contribution in [0.3, 0.4) is 0 Å². The van der Waals surface area contributed by atoms with E-state index in [9.17, 15) is 14.0 Å². The zero-order chi connectivity index (χ0) is 24.6. The Morgan fingerprint density at radius 2 is 1.89 bits per heavy atom. The Balaban J connectivity index is 1.48. The van der Waals surface area contributed by atoms with Crippen LogP contribution >= 0.6 is 11.3 Å². The largest absolute Gasteiger partial charge is 0.491 e. The van der Waals surface area contributed by atoms with Crippen LogP contribution in [-0.4, -0.2) is 61.6 Å². The first-order valence-corrected chi connectivity index (χ1v) is 12.5. The van der Waals surface area contributed by atoms with E-state index in [1.54, 1.807) is 40.4 Å². The van der Waals surface area contributed by atoms with Crippen molar-refractivity contribution >= 4 is 23.2 Å². The number of methoxy groups -OCH3 is 1. The smallest absolute Gasteiger partial charge is 0.242 e. The predicted molar refractivity (Wildman–Crippen MR) is 133 cm³/mol. The van der Waals surface area contributed by atoms with E-state index < -0.39 is 0 Å². The fourth-order valence-electron chi connectivity index (χ4n) is 4.21. The molecular formula is C27H29FN2O4S. The first kappa shape index (κ1) is 24.9. The molecule has 1 atom stereocenters. The highest BCUT2D eigenvalue weighted by atomic mass is 32.1. The van der Waals surface area contributed by atoms with Crippen molar-refractivity contribution in [1.82, 2.24) is 9.80 Å². The van der Waals surface area contributed by atoms with Gasteiger partial charge in [-0.3, -0.25) is 9.59 Å². The number of fused-ring (bicyclic) bond motifs is 1. The number of hydrogen-bond acceptors (Lipinski definition) is 5. The molecule has 6 nitrogen and oxygen atoms in total. The van der Waals surface area contributed by atoms with E-state index in [-0.39, 0.29) is 43.2 Å². The van der Waals surface area contributed by atoms with Gasteiger partial charge in [0.2, 0.25) is 11.8 Å². The lowest BCUT2D eigenvalue weighted by atomic mass is 10.0. The minimum atomic E-state index is -0.330. The van der Waals surface area contributed by atoms with Crippen molar-refractivity contribution in [2.45, 2.75) is 18.9 Å². The van der Waals surface area contributed by atoms with Gasteiger partial charge in [-0.15, -0.1) is 11.3 Å². The summed E-state index contributed by atoms with van der Waals surface area (Å²) in [4.78, 5) is 31.2. The van der Waals surface area contributed by atoms with Crippen molar-refractivity contribution in [2.75, 3.05) is 40.0 Å². The molecule has 0 unspecified atom stereocenters. The van der Waals surface area contributed by atoms with E-state index in [1.165, 1.54) is 17.0 Å². The molecule has 184 valence electrons. The Bertz CT molecular complexity index is 1120. The van der Waals surface area contributed by atoms with Gasteiger partial charge in [0.15, 0.2) is 0 Å². The highest BCUT2D eigenvalue weighted by Gasteiger charge is 2.33. The number of hydrogen-bond donors (Lipinski definition) is 0. The molecule has 0 N–H and O–H groups in total. The van der Waals surface area contributed by atoms with Crippen LogP contribution in [-0.2, 0) is 27.2 Å². The molecule has 1 aliphatic rings. The Kier molecular flexibility index (Phi) is 8.50. The number of halogens is 1. The minimum absolute atomic E-state index is 0.0262. The molecule has 0 saturated heterocycles. The van der Waals surface area contributed by atoms with Crippen LogP contribution in [0.5, 0.6) is 5.75 Å². The lowest BCUT2D eigenvalue weighted by Crippen LogP contribution is -2.48. The van der Waals surface area contributed by atoms with E-state index in [1.807, 2.05) is 41.8 Å². The molecule has 0 fully saturated rings. The van der Waals surface area contributed by atoms with E-state index in [4.69, 9.17) is 9.47 Å². The second-order valence-corrected chi connectivity index (χ2v) is 9.39. The van der Waals surface area contributed by atoms with Gasteiger partial charge in [-0.1, -0.05) is 30.3 Å². The summed E-state index contributed by atoms with van der Waals surface area (Å²) in [7, 11) is 1.58. The summed E-state index contributed by atoms with van der Waals surface area (Å²) in [6.07, 6.45) is 0.992. The number of amides is 2. The number of ether oxygens (including phenoxy) is 2. The van der Waals surface area contributed by atoms with Crippen LogP contribution < -0.4 is 4.74 Å². The maximum atomic E-state index is 13.5. The standard InChI is InChI=1S/C27H29FN2O4S/c1-33-15-14-29(26(31)17-20-5-3-2-4-6-20)18-27(32)30-13-11-25-23(12-16-35-25)24(30)19-34-22-9-7-21(28)8-10-22/h2-10,12,16,24H,11,13-15,17-19H2,1H3/t24-/m0/s1. The fraction of sp³-hybridized carbons (Fsp3) is 0.333. The van der Waals surface area contributed by atoms with Crippen molar-refractivity contribution in [2.24, 2.45) is 0 Å². The zero-order valence-corrected chi connectivity index (χ0v) is 20.5. The summed E-state index contributed by atoms with van der Waals surface area (Å²) >= 11 is 1.67. The monoisotopic (exact) mass is 496 g/mol. The molecule has 8 heteroatoms. The molecule has 4 rings (SSSR count). The van der Waals surface area contributed by atoms with Gasteiger partial charge >= 0.3 is 0 Å². The third-order valence-corrected chi connectivity index (χ3v) is 7.08. The van der Waals surface area contributed by atoms with E-state index in [0.717, 1.165) is 17.5 Å². The first-order valence-electron chi connectivity index (χ1n) is 11.6. The second kappa shape index (κ2) is 12.0. The number of carbonyl (C=O) groups is 2. The lowest BCUT2D eigenvalue weighted by Gasteiger charge is -2.37. The molecule has 0 spiro atoms. The van der Waals surface area contributed by atoms with Crippen molar-refractivity contribution in [3.05, 3.63) is 87.9 Å². The highest BCUT2D eigenvalue weighted by molar-refractivity contribution is 7.10. The average molecular weight is 497 g/mol. The Labute approximate surface area is 208 Å². The van der Waals surface area contributed by atoms with Crippen molar-refractivity contribution < 1.29 is 23.5 Å². The Hall–Kier alpha value is -3.23. The maximum absolute atomic E-state index is 13.5. The van der Waals surface area contributed by atoms with Crippen LogP contribution in [0.4, 0.5) is 4.39 Å². The Morgan fingerprint density at radius 3 is 2.63 bits per heavy atom. The van der Waals surface area contributed by atoms with E-state index in [2.05, 4.69) is 0 Å². The number of nitrogens with zero attached hydrogens (tertiary/aromatic N) is 2. The number of carbonyl (C=O) groups excluding carboxylic acids is 2. The van der Waals surface area contributed by atoms with Gasteiger partial charge in [0, 0.05) is 25.1 Å². The lowest BCUT2D eigenvalue weighted by molar-refractivity contribution is -0.142. The van der Waals surface area contributed by atoms with Gasteiger partial charge in [-0.25, -0.2) is 4.39 Å². The van der Waals surface area contributed by atoms with E-state index in [0.29, 0.717) is 25.4 Å². The molecule has 35 heavy (non-hydrogen) atoms. The molecule has 0 bridgehead atoms. The summed E-state index contributed by atoms with van der Waals surface area (Å²) in [5.41, 5.74) is 1.97. The second-order valence-electron chi connectivity index (χ2n) is 8.39. The third-order valence-electron chi connectivity index (χ3n) is 6.08. The molecule has 3 aromatic rings. The molecular weight excluding hydrogens is 467 g/mol. The van der Waals surface area contributed by atoms with Crippen molar-refractivity contribution in [3.8, 4) is 5.75 Å². The molecule has 0 saturated carbocycles. The molecule has 2 amide bonds. The van der Waals surface area contributed by atoms with Crippen LogP contribution in [0.1, 0.15) is 22.0 Å². The van der Waals surface area contributed by atoms with E-state index >= 15 is 0 Å². The van der Waals surface area contributed by atoms with Crippen molar-refractivity contribution in [3.63, 3.8) is 0 Å². The maximum Gasteiger partial charge on any atom is 0.242 e. The summed E-state index contributed by atoms with van der Waals surface area (Å²) < 4.78 is 24.4. The molecule has 1 aromatic heterocycles. The topological polar surface area (TPSA) is 59.1 Å². The number of thiophene rings is 1. The van der Waals surface area contributed by atoms with Crippen LogP contribution in [0.25, 0.3) is 0 Å². The van der Waals surface area contributed by atoms with Gasteiger partial charge < -0.3 is 19.3 Å². The molecule has 2 heterocycles. The van der Waals surface area contributed by atoms with Crippen LogP contribution in [0.15, 0.2) is 66.0 Å². The summed E-state index contributed by atoms with van der Waals surface area (Å²) in [5, 5.41) is 2.03. The first-order chi connectivity index (χ1) is 17.0. The minimum Gasteiger partial charge on any atom is -0.491 e. The van der Waals surface area contributed by atoms with Gasteiger partial charge in [0.25, 0.3) is 0 Å². The quantitative estimate of drug-likeness (QED) is 0.424. The van der Waals surface area contributed by atoms with Crippen LogP contribution in [0, 0.1) is 5.82 Å². The zero-order valence-electron chi connectivity index (χ0n) is 19.7. The molecule has 1 aliphatic heterocycles. The number of benzene rings is 2. The summed E-state index contributed by atoms with van der Waals surface area (Å²) in [6, 6.07) is 17.1. The molecule has 2 aromatic carbocycles. The SMILES string of the molecule is COCCN(CC(=O)N1CCc2sccc2[C@@H]1COc1ccc(F)cc1)C(=O)Cc1ccccc1.